The number of nitrogens with one attached hydrogen (secondary N) is 1. The molecule has 2 rings (SSSR count). The molecule has 0 aliphatic heterocycles. The molecule has 0 amide bonds. The van der Waals surface area contributed by atoms with Gasteiger partial charge in [-0.2, -0.15) is 11.8 Å². The first-order valence-corrected chi connectivity index (χ1v) is 8.33. The van der Waals surface area contributed by atoms with E-state index in [4.69, 9.17) is 0 Å². The molecule has 0 spiro atoms. The van der Waals surface area contributed by atoms with Crippen molar-refractivity contribution in [1.82, 2.24) is 5.32 Å². The van der Waals surface area contributed by atoms with E-state index in [2.05, 4.69) is 17.4 Å². The minimum atomic E-state index is -0.756. The molecular formula is C16H23NO2S. The first-order valence-electron chi connectivity index (χ1n) is 7.17. The first-order chi connectivity index (χ1) is 9.54. The SMILES string of the molecule is CC(C)NC(CSCc1ccccc1)(C(=O)O)C1CC1. The number of carbonyl (C=O) groups is 1. The normalized spacial score (nSPS) is 17.9. The van der Waals surface area contributed by atoms with Crippen molar-refractivity contribution in [3.05, 3.63) is 35.9 Å². The standard InChI is InChI=1S/C16H23NO2S/c1-12(2)17-16(15(18)19,14-8-9-14)11-20-10-13-6-4-3-5-7-13/h3-7,12,14,17H,8-11H2,1-2H3,(H,18,19). The summed E-state index contributed by atoms with van der Waals surface area (Å²) in [5.41, 5.74) is 0.491. The number of thioether (sulfide) groups is 1. The number of hydrogen-bond donors (Lipinski definition) is 2. The third-order valence-electron chi connectivity index (χ3n) is 3.64. The second-order valence-electron chi connectivity index (χ2n) is 5.83. The molecule has 1 saturated carbocycles. The van der Waals surface area contributed by atoms with Crippen molar-refractivity contribution in [2.24, 2.45) is 5.92 Å². The highest BCUT2D eigenvalue weighted by atomic mass is 32.2. The van der Waals surface area contributed by atoms with Crippen LogP contribution in [-0.2, 0) is 10.5 Å². The predicted octanol–water partition coefficient (Wildman–Crippen LogP) is 3.15. The Morgan fingerprint density at radius 2 is 2.05 bits per heavy atom. The Bertz CT molecular complexity index is 445. The van der Waals surface area contributed by atoms with Crippen LogP contribution in [0.15, 0.2) is 30.3 Å². The zero-order chi connectivity index (χ0) is 14.6. The molecule has 0 heterocycles. The fourth-order valence-electron chi connectivity index (χ4n) is 2.57. The van der Waals surface area contributed by atoms with Crippen molar-refractivity contribution in [2.45, 2.75) is 44.0 Å². The van der Waals surface area contributed by atoms with Gasteiger partial charge in [0.25, 0.3) is 0 Å². The number of carboxylic acids is 1. The van der Waals surface area contributed by atoms with Gasteiger partial charge in [0, 0.05) is 17.5 Å². The van der Waals surface area contributed by atoms with Gasteiger partial charge in [0.2, 0.25) is 0 Å². The summed E-state index contributed by atoms with van der Waals surface area (Å²) in [7, 11) is 0. The number of hydrogen-bond acceptors (Lipinski definition) is 3. The van der Waals surface area contributed by atoms with Gasteiger partial charge in [-0.25, -0.2) is 0 Å². The van der Waals surface area contributed by atoms with Gasteiger partial charge in [-0.15, -0.1) is 0 Å². The predicted molar refractivity (Wildman–Crippen MR) is 84.0 cm³/mol. The zero-order valence-electron chi connectivity index (χ0n) is 12.1. The van der Waals surface area contributed by atoms with Gasteiger partial charge >= 0.3 is 5.97 Å². The van der Waals surface area contributed by atoms with Crippen molar-refractivity contribution < 1.29 is 9.90 Å². The van der Waals surface area contributed by atoms with Gasteiger partial charge in [-0.3, -0.25) is 10.1 Å². The Balaban J connectivity index is 1.98. The first kappa shape index (κ1) is 15.4. The molecule has 1 aliphatic carbocycles. The highest BCUT2D eigenvalue weighted by molar-refractivity contribution is 7.98. The Kier molecular flexibility index (Phi) is 5.11. The van der Waals surface area contributed by atoms with E-state index in [1.54, 1.807) is 11.8 Å². The van der Waals surface area contributed by atoms with Gasteiger partial charge in [0.1, 0.15) is 5.54 Å². The van der Waals surface area contributed by atoms with Crippen molar-refractivity contribution in [3.63, 3.8) is 0 Å². The quantitative estimate of drug-likeness (QED) is 0.773. The molecule has 1 aromatic rings. The number of rotatable bonds is 8. The van der Waals surface area contributed by atoms with Gasteiger partial charge < -0.3 is 5.11 Å². The third-order valence-corrected chi connectivity index (χ3v) is 4.84. The van der Waals surface area contributed by atoms with Crippen LogP contribution in [-0.4, -0.2) is 28.4 Å². The van der Waals surface area contributed by atoms with Gasteiger partial charge in [-0.1, -0.05) is 30.3 Å². The Morgan fingerprint density at radius 1 is 1.40 bits per heavy atom. The Labute approximate surface area is 125 Å². The summed E-state index contributed by atoms with van der Waals surface area (Å²) in [6, 6.07) is 10.4. The van der Waals surface area contributed by atoms with Crippen LogP contribution in [0.5, 0.6) is 0 Å². The fourth-order valence-corrected chi connectivity index (χ4v) is 3.87. The number of carboxylic acid groups (broad SMARTS) is 1. The van der Waals surface area contributed by atoms with Crippen LogP contribution in [0.25, 0.3) is 0 Å². The highest BCUT2D eigenvalue weighted by Gasteiger charge is 2.51. The molecule has 1 fully saturated rings. The third kappa shape index (κ3) is 3.76. The van der Waals surface area contributed by atoms with Crippen LogP contribution >= 0.6 is 11.8 Å². The van der Waals surface area contributed by atoms with Gasteiger partial charge in [-0.05, 0) is 38.2 Å². The minimum absolute atomic E-state index is 0.184. The van der Waals surface area contributed by atoms with Crippen LogP contribution in [0.2, 0.25) is 0 Å². The van der Waals surface area contributed by atoms with E-state index in [0.29, 0.717) is 5.75 Å². The van der Waals surface area contributed by atoms with Crippen molar-refractivity contribution in [2.75, 3.05) is 5.75 Å². The van der Waals surface area contributed by atoms with E-state index in [1.807, 2.05) is 32.0 Å². The average molecular weight is 293 g/mol. The van der Waals surface area contributed by atoms with Crippen molar-refractivity contribution in [3.8, 4) is 0 Å². The second kappa shape index (κ2) is 6.64. The molecule has 4 heteroatoms. The lowest BCUT2D eigenvalue weighted by atomic mass is 9.94. The zero-order valence-corrected chi connectivity index (χ0v) is 13.0. The topological polar surface area (TPSA) is 49.3 Å². The molecule has 3 nitrogen and oxygen atoms in total. The fraction of sp³-hybridized carbons (Fsp3) is 0.562. The lowest BCUT2D eigenvalue weighted by Crippen LogP contribution is -2.58. The van der Waals surface area contributed by atoms with Gasteiger partial charge in [0.15, 0.2) is 0 Å². The summed E-state index contributed by atoms with van der Waals surface area (Å²) in [5.74, 6) is 1.07. The molecule has 0 radical (unpaired) electrons. The maximum atomic E-state index is 11.8. The van der Waals surface area contributed by atoms with E-state index in [0.717, 1.165) is 18.6 Å². The number of aliphatic carboxylic acids is 1. The second-order valence-corrected chi connectivity index (χ2v) is 6.81. The van der Waals surface area contributed by atoms with Crippen LogP contribution < -0.4 is 5.32 Å². The van der Waals surface area contributed by atoms with Crippen LogP contribution in [0.4, 0.5) is 0 Å². The van der Waals surface area contributed by atoms with E-state index in [1.165, 1.54) is 5.56 Å². The maximum absolute atomic E-state index is 11.8. The molecule has 1 atom stereocenters. The average Bonchev–Trinajstić information content (AvgIpc) is 3.22. The molecular weight excluding hydrogens is 270 g/mol. The van der Waals surface area contributed by atoms with E-state index >= 15 is 0 Å². The molecule has 1 aromatic carbocycles. The van der Waals surface area contributed by atoms with Crippen LogP contribution in [0.1, 0.15) is 32.3 Å². The molecule has 1 unspecified atom stereocenters. The number of benzene rings is 1. The van der Waals surface area contributed by atoms with E-state index < -0.39 is 11.5 Å². The minimum Gasteiger partial charge on any atom is -0.480 e. The van der Waals surface area contributed by atoms with Crippen molar-refractivity contribution in [1.29, 1.82) is 0 Å². The summed E-state index contributed by atoms with van der Waals surface area (Å²) in [6.07, 6.45) is 2.05. The molecule has 110 valence electrons. The monoisotopic (exact) mass is 293 g/mol. The maximum Gasteiger partial charge on any atom is 0.325 e. The smallest absolute Gasteiger partial charge is 0.325 e. The van der Waals surface area contributed by atoms with Crippen LogP contribution in [0, 0.1) is 5.92 Å². The largest absolute Gasteiger partial charge is 0.480 e. The Morgan fingerprint density at radius 3 is 2.55 bits per heavy atom. The lowest BCUT2D eigenvalue weighted by Gasteiger charge is -2.32. The molecule has 20 heavy (non-hydrogen) atoms. The lowest BCUT2D eigenvalue weighted by molar-refractivity contribution is -0.145. The summed E-state index contributed by atoms with van der Waals surface area (Å²) >= 11 is 1.71. The molecule has 1 aliphatic rings. The summed E-state index contributed by atoms with van der Waals surface area (Å²) in [6.45, 7) is 4.03. The molecule has 0 aromatic heterocycles. The summed E-state index contributed by atoms with van der Waals surface area (Å²) in [4.78, 5) is 11.8. The molecule has 0 bridgehead atoms. The van der Waals surface area contributed by atoms with Crippen molar-refractivity contribution >= 4 is 17.7 Å². The molecule has 0 saturated heterocycles. The van der Waals surface area contributed by atoms with E-state index in [9.17, 15) is 9.90 Å². The summed E-state index contributed by atoms with van der Waals surface area (Å²) < 4.78 is 0. The van der Waals surface area contributed by atoms with Gasteiger partial charge in [0.05, 0.1) is 0 Å². The molecule has 2 N–H and O–H groups in total. The van der Waals surface area contributed by atoms with E-state index in [-0.39, 0.29) is 12.0 Å². The van der Waals surface area contributed by atoms with Crippen LogP contribution in [0.3, 0.4) is 0 Å². The highest BCUT2D eigenvalue weighted by Crippen LogP contribution is 2.42. The Hall–Kier alpha value is -1.00. The summed E-state index contributed by atoms with van der Waals surface area (Å²) in [5, 5.41) is 13.0.